The van der Waals surface area contributed by atoms with Crippen molar-refractivity contribution in [1.82, 2.24) is 9.62 Å². The molecule has 3 rings (SSSR count). The number of likely N-dealkylation sites (tertiary alicyclic amines) is 1. The molecule has 0 radical (unpaired) electrons. The zero-order valence-corrected chi connectivity index (χ0v) is 14.7. The van der Waals surface area contributed by atoms with Crippen molar-refractivity contribution in [2.75, 3.05) is 32.6 Å². The van der Waals surface area contributed by atoms with Crippen LogP contribution in [0.3, 0.4) is 0 Å². The molecule has 2 aliphatic rings. The van der Waals surface area contributed by atoms with Crippen LogP contribution in [0.25, 0.3) is 0 Å². The normalized spacial score (nSPS) is 24.0. The number of piperidine rings is 1. The first-order valence-corrected chi connectivity index (χ1v) is 10.2. The number of sulfonamides is 1. The average Bonchev–Trinajstić information content (AvgIpc) is 2.57. The number of benzene rings is 1. The highest BCUT2D eigenvalue weighted by Gasteiger charge is 2.45. The standard InChI is InChI=1S/C17H24N2O4S/c1-24(21,22)18-15-13-23-12-9-17(15)7-10-19(11-8-17)16(20)14-5-3-2-4-6-14/h2-6,15,18H,7-13H2,1H3. The predicted octanol–water partition coefficient (Wildman–Crippen LogP) is 1.25. The Balaban J connectivity index is 1.69. The Morgan fingerprint density at radius 1 is 1.21 bits per heavy atom. The van der Waals surface area contributed by atoms with Gasteiger partial charge in [0.05, 0.1) is 18.9 Å². The maximum absolute atomic E-state index is 12.6. The molecule has 0 bridgehead atoms. The molecule has 2 aliphatic heterocycles. The number of carbonyl (C=O) groups excluding carboxylic acids is 1. The van der Waals surface area contributed by atoms with E-state index in [1.807, 2.05) is 35.2 Å². The monoisotopic (exact) mass is 352 g/mol. The molecule has 6 nitrogen and oxygen atoms in total. The van der Waals surface area contributed by atoms with Gasteiger partial charge in [0.2, 0.25) is 10.0 Å². The minimum Gasteiger partial charge on any atom is -0.380 e. The molecule has 1 unspecified atom stereocenters. The third kappa shape index (κ3) is 3.79. The van der Waals surface area contributed by atoms with Gasteiger partial charge in [-0.25, -0.2) is 13.1 Å². The van der Waals surface area contributed by atoms with Gasteiger partial charge in [-0.05, 0) is 36.8 Å². The van der Waals surface area contributed by atoms with Crippen LogP contribution in [0.5, 0.6) is 0 Å². The lowest BCUT2D eigenvalue weighted by Gasteiger charge is -2.48. The molecule has 1 spiro atoms. The second-order valence-corrected chi connectivity index (χ2v) is 8.57. The minimum atomic E-state index is -3.28. The molecule has 2 saturated heterocycles. The van der Waals surface area contributed by atoms with Crippen LogP contribution < -0.4 is 4.72 Å². The van der Waals surface area contributed by atoms with E-state index in [9.17, 15) is 13.2 Å². The smallest absolute Gasteiger partial charge is 0.253 e. The molecule has 1 atom stereocenters. The zero-order chi connectivity index (χ0) is 17.2. The molecular weight excluding hydrogens is 328 g/mol. The second-order valence-electron chi connectivity index (χ2n) is 6.79. The lowest BCUT2D eigenvalue weighted by Crippen LogP contribution is -2.57. The number of hydrogen-bond donors (Lipinski definition) is 1. The van der Waals surface area contributed by atoms with E-state index in [0.717, 1.165) is 19.3 Å². The first kappa shape index (κ1) is 17.4. The Bertz CT molecular complexity index is 682. The third-order valence-corrected chi connectivity index (χ3v) is 5.90. The predicted molar refractivity (Wildman–Crippen MR) is 91.2 cm³/mol. The van der Waals surface area contributed by atoms with Crippen molar-refractivity contribution in [3.63, 3.8) is 0 Å². The van der Waals surface area contributed by atoms with Crippen molar-refractivity contribution >= 4 is 15.9 Å². The average molecular weight is 352 g/mol. The summed E-state index contributed by atoms with van der Waals surface area (Å²) < 4.78 is 31.5. The largest absolute Gasteiger partial charge is 0.380 e. The summed E-state index contributed by atoms with van der Waals surface area (Å²) in [6.07, 6.45) is 3.60. The fraction of sp³-hybridized carbons (Fsp3) is 0.588. The van der Waals surface area contributed by atoms with Gasteiger partial charge in [0.15, 0.2) is 0 Å². The number of rotatable bonds is 3. The fourth-order valence-corrected chi connectivity index (χ4v) is 4.60. The van der Waals surface area contributed by atoms with Crippen LogP contribution in [-0.4, -0.2) is 57.8 Å². The highest BCUT2D eigenvalue weighted by Crippen LogP contribution is 2.41. The van der Waals surface area contributed by atoms with Crippen LogP contribution in [-0.2, 0) is 14.8 Å². The van der Waals surface area contributed by atoms with Crippen molar-refractivity contribution in [2.24, 2.45) is 5.41 Å². The van der Waals surface area contributed by atoms with Crippen LogP contribution in [0.15, 0.2) is 30.3 Å². The number of hydrogen-bond acceptors (Lipinski definition) is 4. The van der Waals surface area contributed by atoms with E-state index in [1.165, 1.54) is 6.26 Å². The van der Waals surface area contributed by atoms with Gasteiger partial charge in [0, 0.05) is 25.3 Å². The summed E-state index contributed by atoms with van der Waals surface area (Å²) in [5.41, 5.74) is 0.584. The lowest BCUT2D eigenvalue weighted by atomic mass is 9.69. The molecule has 7 heteroatoms. The van der Waals surface area contributed by atoms with Gasteiger partial charge in [-0.2, -0.15) is 0 Å². The molecule has 0 saturated carbocycles. The SMILES string of the molecule is CS(=O)(=O)NC1COCCC12CCN(C(=O)c1ccccc1)CC2. The van der Waals surface area contributed by atoms with Gasteiger partial charge in [0.25, 0.3) is 5.91 Å². The van der Waals surface area contributed by atoms with Crippen LogP contribution in [0, 0.1) is 5.41 Å². The topological polar surface area (TPSA) is 75.7 Å². The summed E-state index contributed by atoms with van der Waals surface area (Å²) in [5, 5.41) is 0. The summed E-state index contributed by atoms with van der Waals surface area (Å²) in [7, 11) is -3.28. The Labute approximate surface area is 143 Å². The highest BCUT2D eigenvalue weighted by molar-refractivity contribution is 7.88. The minimum absolute atomic E-state index is 0.0464. The quantitative estimate of drug-likeness (QED) is 0.888. The Kier molecular flexibility index (Phi) is 4.94. The van der Waals surface area contributed by atoms with E-state index in [2.05, 4.69) is 4.72 Å². The molecular formula is C17H24N2O4S. The number of amides is 1. The number of nitrogens with zero attached hydrogens (tertiary/aromatic N) is 1. The molecule has 132 valence electrons. The molecule has 1 aromatic carbocycles. The fourth-order valence-electron chi connectivity index (χ4n) is 3.76. The Morgan fingerprint density at radius 3 is 2.50 bits per heavy atom. The van der Waals surface area contributed by atoms with Gasteiger partial charge in [-0.1, -0.05) is 18.2 Å². The molecule has 1 aromatic rings. The van der Waals surface area contributed by atoms with Gasteiger partial charge in [-0.3, -0.25) is 4.79 Å². The van der Waals surface area contributed by atoms with E-state index in [4.69, 9.17) is 4.74 Å². The van der Waals surface area contributed by atoms with Crippen LogP contribution >= 0.6 is 0 Å². The number of ether oxygens (including phenoxy) is 1. The van der Waals surface area contributed by atoms with E-state index in [0.29, 0.717) is 31.9 Å². The summed E-state index contributed by atoms with van der Waals surface area (Å²) in [5.74, 6) is 0.0464. The van der Waals surface area contributed by atoms with Gasteiger partial charge in [0.1, 0.15) is 0 Å². The van der Waals surface area contributed by atoms with Crippen LogP contribution in [0.2, 0.25) is 0 Å². The van der Waals surface area contributed by atoms with Crippen LogP contribution in [0.4, 0.5) is 0 Å². The molecule has 1 N–H and O–H groups in total. The molecule has 1 amide bonds. The summed E-state index contributed by atoms with van der Waals surface area (Å²) in [6, 6.07) is 9.07. The van der Waals surface area contributed by atoms with E-state index in [-0.39, 0.29) is 17.4 Å². The second kappa shape index (κ2) is 6.82. The highest BCUT2D eigenvalue weighted by atomic mass is 32.2. The van der Waals surface area contributed by atoms with E-state index < -0.39 is 10.0 Å². The van der Waals surface area contributed by atoms with Crippen molar-refractivity contribution in [1.29, 1.82) is 0 Å². The Hall–Kier alpha value is -1.44. The van der Waals surface area contributed by atoms with Crippen molar-refractivity contribution in [3.8, 4) is 0 Å². The van der Waals surface area contributed by atoms with Gasteiger partial charge in [-0.15, -0.1) is 0 Å². The van der Waals surface area contributed by atoms with Crippen molar-refractivity contribution < 1.29 is 17.9 Å². The number of carbonyl (C=O) groups is 1. The Morgan fingerprint density at radius 2 is 1.88 bits per heavy atom. The summed E-state index contributed by atoms with van der Waals surface area (Å²) >= 11 is 0. The molecule has 0 aromatic heterocycles. The van der Waals surface area contributed by atoms with Crippen molar-refractivity contribution in [2.45, 2.75) is 25.3 Å². The first-order chi connectivity index (χ1) is 11.4. The summed E-state index contributed by atoms with van der Waals surface area (Å²) in [4.78, 5) is 14.4. The number of nitrogens with one attached hydrogen (secondary N) is 1. The first-order valence-electron chi connectivity index (χ1n) is 8.29. The van der Waals surface area contributed by atoms with Crippen molar-refractivity contribution in [3.05, 3.63) is 35.9 Å². The zero-order valence-electron chi connectivity index (χ0n) is 13.9. The summed E-state index contributed by atoms with van der Waals surface area (Å²) in [6.45, 7) is 2.35. The van der Waals surface area contributed by atoms with Crippen LogP contribution in [0.1, 0.15) is 29.6 Å². The van der Waals surface area contributed by atoms with Gasteiger partial charge < -0.3 is 9.64 Å². The molecule has 2 heterocycles. The van der Waals surface area contributed by atoms with E-state index in [1.54, 1.807) is 0 Å². The maximum Gasteiger partial charge on any atom is 0.253 e. The van der Waals surface area contributed by atoms with Gasteiger partial charge >= 0.3 is 0 Å². The molecule has 0 aliphatic carbocycles. The molecule has 24 heavy (non-hydrogen) atoms. The maximum atomic E-state index is 12.6. The third-order valence-electron chi connectivity index (χ3n) is 5.19. The van der Waals surface area contributed by atoms with E-state index >= 15 is 0 Å². The molecule has 2 fully saturated rings. The lowest BCUT2D eigenvalue weighted by molar-refractivity contribution is -0.0400.